The van der Waals surface area contributed by atoms with Crippen LogP contribution in [-0.4, -0.2) is 38.0 Å². The summed E-state index contributed by atoms with van der Waals surface area (Å²) in [6.07, 6.45) is 0.506. The molecule has 4 heteroatoms. The first-order valence-electron chi connectivity index (χ1n) is 6.36. The first-order chi connectivity index (χ1) is 8.61. The van der Waals surface area contributed by atoms with Gasteiger partial charge in [-0.1, -0.05) is 19.1 Å². The van der Waals surface area contributed by atoms with E-state index in [1.807, 2.05) is 39.2 Å². The van der Waals surface area contributed by atoms with Crippen molar-refractivity contribution in [2.24, 2.45) is 0 Å². The van der Waals surface area contributed by atoms with Crippen LogP contribution >= 0.6 is 0 Å². The van der Waals surface area contributed by atoms with Crippen molar-refractivity contribution in [1.29, 1.82) is 0 Å². The molecule has 0 radical (unpaired) electrons. The predicted octanol–water partition coefficient (Wildman–Crippen LogP) is 1.69. The van der Waals surface area contributed by atoms with E-state index in [0.29, 0.717) is 6.42 Å². The zero-order valence-electron chi connectivity index (χ0n) is 11.5. The molecule has 0 fully saturated rings. The number of amides is 1. The van der Waals surface area contributed by atoms with E-state index in [-0.39, 0.29) is 5.91 Å². The summed E-state index contributed by atoms with van der Waals surface area (Å²) in [6, 6.07) is 7.97. The van der Waals surface area contributed by atoms with E-state index in [1.165, 1.54) is 5.56 Å². The molecule has 100 valence electrons. The molecule has 0 aliphatic carbocycles. The molecule has 0 unspecified atom stereocenters. The van der Waals surface area contributed by atoms with Crippen LogP contribution in [0.1, 0.15) is 18.9 Å². The second-order valence-electron chi connectivity index (χ2n) is 4.59. The maximum atomic E-state index is 11.7. The minimum atomic E-state index is 0.0537. The van der Waals surface area contributed by atoms with Crippen LogP contribution in [-0.2, 0) is 11.3 Å². The fraction of sp³-hybridized carbons (Fsp3) is 0.500. The van der Waals surface area contributed by atoms with Crippen LogP contribution in [0.2, 0.25) is 0 Å². The lowest BCUT2D eigenvalue weighted by Crippen LogP contribution is -2.21. The van der Waals surface area contributed by atoms with Gasteiger partial charge in [-0.15, -0.1) is 0 Å². The van der Waals surface area contributed by atoms with E-state index in [0.717, 1.165) is 25.3 Å². The quantitative estimate of drug-likeness (QED) is 0.723. The summed E-state index contributed by atoms with van der Waals surface area (Å²) in [6.45, 7) is 4.52. The van der Waals surface area contributed by atoms with Crippen molar-refractivity contribution in [3.05, 3.63) is 29.8 Å². The first kappa shape index (κ1) is 14.7. The summed E-state index contributed by atoms with van der Waals surface area (Å²) in [5.74, 6) is 0.0537. The molecule has 0 aromatic heterocycles. The highest BCUT2D eigenvalue weighted by molar-refractivity contribution is 5.90. The van der Waals surface area contributed by atoms with Crippen LogP contribution < -0.4 is 10.6 Å². The number of nitrogens with one attached hydrogen (secondary N) is 2. The van der Waals surface area contributed by atoms with Gasteiger partial charge >= 0.3 is 0 Å². The zero-order chi connectivity index (χ0) is 13.4. The Hall–Kier alpha value is -1.39. The van der Waals surface area contributed by atoms with Crippen LogP contribution in [0.4, 0.5) is 5.69 Å². The summed E-state index contributed by atoms with van der Waals surface area (Å²) < 4.78 is 0. The number of hydrogen-bond acceptors (Lipinski definition) is 3. The molecular weight excluding hydrogens is 226 g/mol. The van der Waals surface area contributed by atoms with E-state index in [4.69, 9.17) is 0 Å². The molecule has 0 atom stereocenters. The number of nitrogens with zero attached hydrogens (tertiary/aromatic N) is 1. The lowest BCUT2D eigenvalue weighted by Gasteiger charge is -2.11. The van der Waals surface area contributed by atoms with Crippen molar-refractivity contribution < 1.29 is 4.79 Å². The Labute approximate surface area is 109 Å². The van der Waals surface area contributed by atoms with Crippen molar-refractivity contribution >= 4 is 11.6 Å². The van der Waals surface area contributed by atoms with Gasteiger partial charge in [-0.05, 0) is 38.3 Å². The number of carbonyl (C=O) groups excluding carboxylic acids is 1. The largest absolute Gasteiger partial charge is 0.326 e. The Morgan fingerprint density at radius 1 is 1.33 bits per heavy atom. The molecule has 0 spiro atoms. The molecule has 0 bridgehead atoms. The average Bonchev–Trinajstić information content (AvgIpc) is 2.28. The minimum absolute atomic E-state index is 0.0537. The summed E-state index contributed by atoms with van der Waals surface area (Å²) in [4.78, 5) is 13.8. The third-order valence-corrected chi connectivity index (χ3v) is 2.49. The van der Waals surface area contributed by atoms with Gasteiger partial charge in [0.05, 0.1) is 0 Å². The normalized spacial score (nSPS) is 10.7. The van der Waals surface area contributed by atoms with Crippen molar-refractivity contribution in [3.63, 3.8) is 0 Å². The van der Waals surface area contributed by atoms with E-state index < -0.39 is 0 Å². The van der Waals surface area contributed by atoms with E-state index >= 15 is 0 Å². The topological polar surface area (TPSA) is 44.4 Å². The lowest BCUT2D eigenvalue weighted by molar-refractivity contribution is -0.116. The number of hydrogen-bond donors (Lipinski definition) is 2. The number of benzene rings is 1. The monoisotopic (exact) mass is 249 g/mol. The van der Waals surface area contributed by atoms with Gasteiger partial charge in [0.2, 0.25) is 5.91 Å². The summed E-state index contributed by atoms with van der Waals surface area (Å²) in [5.41, 5.74) is 2.07. The molecular formula is C14H23N3O. The van der Waals surface area contributed by atoms with Crippen LogP contribution in [0, 0.1) is 0 Å². The third-order valence-electron chi connectivity index (χ3n) is 2.49. The second-order valence-corrected chi connectivity index (χ2v) is 4.59. The molecule has 2 N–H and O–H groups in total. The number of anilines is 1. The van der Waals surface area contributed by atoms with Crippen molar-refractivity contribution in [3.8, 4) is 0 Å². The molecule has 1 aromatic rings. The standard InChI is InChI=1S/C14H23N3O/c1-4-15-9-8-14(18)16-13-7-5-6-12(10-13)11-17(2)3/h5-7,10,15H,4,8-9,11H2,1-3H3,(H,16,18). The number of rotatable bonds is 7. The average molecular weight is 249 g/mol. The molecule has 0 heterocycles. The van der Waals surface area contributed by atoms with Gasteiger partial charge < -0.3 is 15.5 Å². The molecule has 4 nitrogen and oxygen atoms in total. The highest BCUT2D eigenvalue weighted by Crippen LogP contribution is 2.12. The highest BCUT2D eigenvalue weighted by atomic mass is 16.1. The maximum Gasteiger partial charge on any atom is 0.225 e. The van der Waals surface area contributed by atoms with E-state index in [9.17, 15) is 4.79 Å². The Morgan fingerprint density at radius 2 is 2.11 bits per heavy atom. The smallest absolute Gasteiger partial charge is 0.225 e. The van der Waals surface area contributed by atoms with Crippen LogP contribution in [0.25, 0.3) is 0 Å². The van der Waals surface area contributed by atoms with Gasteiger partial charge in [0.1, 0.15) is 0 Å². The molecule has 0 aliphatic heterocycles. The number of carbonyl (C=O) groups is 1. The van der Waals surface area contributed by atoms with E-state index in [1.54, 1.807) is 0 Å². The van der Waals surface area contributed by atoms with E-state index in [2.05, 4.69) is 21.6 Å². The minimum Gasteiger partial charge on any atom is -0.326 e. The van der Waals surface area contributed by atoms with Gasteiger partial charge in [0.25, 0.3) is 0 Å². The fourth-order valence-corrected chi connectivity index (χ4v) is 1.71. The second kappa shape index (κ2) is 7.84. The predicted molar refractivity (Wildman–Crippen MR) is 75.6 cm³/mol. The summed E-state index contributed by atoms with van der Waals surface area (Å²) >= 11 is 0. The molecule has 0 saturated heterocycles. The third kappa shape index (κ3) is 5.80. The first-order valence-corrected chi connectivity index (χ1v) is 6.36. The molecule has 18 heavy (non-hydrogen) atoms. The van der Waals surface area contributed by atoms with Gasteiger partial charge in [0.15, 0.2) is 0 Å². The molecule has 0 aliphatic rings. The van der Waals surface area contributed by atoms with Gasteiger partial charge in [-0.25, -0.2) is 0 Å². The highest BCUT2D eigenvalue weighted by Gasteiger charge is 2.03. The Kier molecular flexibility index (Phi) is 6.39. The van der Waals surface area contributed by atoms with Gasteiger partial charge in [0, 0.05) is 25.2 Å². The Morgan fingerprint density at radius 3 is 2.78 bits per heavy atom. The van der Waals surface area contributed by atoms with Crippen LogP contribution in [0.5, 0.6) is 0 Å². The molecule has 1 rings (SSSR count). The Bertz CT molecular complexity index is 377. The van der Waals surface area contributed by atoms with Gasteiger partial charge in [-0.2, -0.15) is 0 Å². The molecule has 1 aromatic carbocycles. The summed E-state index contributed by atoms with van der Waals surface area (Å²) in [5, 5.41) is 6.05. The van der Waals surface area contributed by atoms with Crippen molar-refractivity contribution in [2.45, 2.75) is 19.9 Å². The van der Waals surface area contributed by atoms with Crippen molar-refractivity contribution in [1.82, 2.24) is 10.2 Å². The maximum absolute atomic E-state index is 11.7. The summed E-state index contributed by atoms with van der Waals surface area (Å²) in [7, 11) is 4.06. The van der Waals surface area contributed by atoms with Gasteiger partial charge in [-0.3, -0.25) is 4.79 Å². The van der Waals surface area contributed by atoms with Crippen molar-refractivity contribution in [2.75, 3.05) is 32.5 Å². The molecule has 0 saturated carbocycles. The van der Waals surface area contributed by atoms with Crippen LogP contribution in [0.3, 0.4) is 0 Å². The van der Waals surface area contributed by atoms with Crippen LogP contribution in [0.15, 0.2) is 24.3 Å². The molecule has 1 amide bonds. The fourth-order valence-electron chi connectivity index (χ4n) is 1.71. The lowest BCUT2D eigenvalue weighted by atomic mass is 10.2. The SMILES string of the molecule is CCNCCC(=O)Nc1cccc(CN(C)C)c1. The Balaban J connectivity index is 2.48. The zero-order valence-corrected chi connectivity index (χ0v) is 11.5.